The number of benzene rings is 4. The van der Waals surface area contributed by atoms with E-state index < -0.39 is 58.6 Å². The van der Waals surface area contributed by atoms with E-state index in [4.69, 9.17) is 18.9 Å². The Hall–Kier alpha value is -6.16. The Morgan fingerprint density at radius 3 is 1.09 bits per heavy atom. The lowest BCUT2D eigenvalue weighted by Gasteiger charge is -2.75. The molecule has 10 heteroatoms. The molecule has 4 aromatic rings. The monoisotopic (exact) mass is 782 g/mol. The summed E-state index contributed by atoms with van der Waals surface area (Å²) in [6.45, 7) is 7.66. The lowest BCUT2D eigenvalue weighted by molar-refractivity contribution is -0.252. The van der Waals surface area contributed by atoms with Gasteiger partial charge in [0.2, 0.25) is 0 Å². The highest BCUT2D eigenvalue weighted by Crippen LogP contribution is 2.75. The van der Waals surface area contributed by atoms with E-state index in [-0.39, 0.29) is 50.7 Å². The number of esters is 4. The minimum absolute atomic E-state index is 0.0375. The molecule has 2 heterocycles. The Labute approximate surface area is 340 Å². The number of fused-ring (bicyclic) bond motifs is 4. The van der Waals surface area contributed by atoms with Gasteiger partial charge in [0.15, 0.2) is 0 Å². The van der Waals surface area contributed by atoms with Crippen LogP contribution in [-0.2, 0) is 51.2 Å². The van der Waals surface area contributed by atoms with E-state index >= 15 is 9.59 Å². The maximum Gasteiger partial charge on any atom is 0.336 e. The average molecular weight is 783 g/mol. The lowest BCUT2D eigenvalue weighted by atomic mass is 9.33. The standard InChI is InChI=1S/C48H50N2O8/c1-5-55-41(51)37-31-49(29-33-21-13-9-14-22-33)43-47(45(53)57-7-3,39(37)35-25-17-11-18-26-35)44-48(43,46(54)58-8-4)40(36-27-19-12-20-28-36)38(42(52)56-6-2)32-50(44)30-34-23-15-10-16-24-34/h9-28,31-32,39-40,43-44H,5-8,29-30H2,1-4H3/t39-,40+,43?,44?,47?,48?. The second-order valence-corrected chi connectivity index (χ2v) is 14.7. The molecule has 58 heavy (non-hydrogen) atoms. The molecule has 1 saturated carbocycles. The van der Waals surface area contributed by atoms with Crippen LogP contribution in [0.25, 0.3) is 0 Å². The van der Waals surface area contributed by atoms with Gasteiger partial charge in [-0.05, 0) is 49.9 Å². The van der Waals surface area contributed by atoms with Crippen LogP contribution in [0.4, 0.5) is 0 Å². The molecule has 0 bridgehead atoms. The van der Waals surface area contributed by atoms with Crippen molar-refractivity contribution in [2.45, 2.75) is 64.7 Å². The van der Waals surface area contributed by atoms with Gasteiger partial charge in [0.05, 0.1) is 49.7 Å². The normalized spacial score (nSPS) is 24.5. The third kappa shape index (κ3) is 6.64. The van der Waals surface area contributed by atoms with Gasteiger partial charge in [0.25, 0.3) is 0 Å². The smallest absolute Gasteiger partial charge is 0.336 e. The SMILES string of the molecule is CCOC(=O)C1=CN(Cc2ccccc2)C2C(C(=O)OCC)(C3N(Cc4ccccc4)C=C(C(=O)OCC)[C@H](c4ccccc4)C23C(=O)OCC)[C@@H]1c1ccccc1. The third-order valence-electron chi connectivity index (χ3n) is 11.6. The molecule has 0 saturated heterocycles. The predicted octanol–water partition coefficient (Wildman–Crippen LogP) is 7.33. The Bertz CT molecular complexity index is 1990. The summed E-state index contributed by atoms with van der Waals surface area (Å²) in [7, 11) is 0. The van der Waals surface area contributed by atoms with Gasteiger partial charge in [-0.3, -0.25) is 9.59 Å². The van der Waals surface area contributed by atoms with Gasteiger partial charge in [-0.15, -0.1) is 0 Å². The van der Waals surface area contributed by atoms with Crippen LogP contribution in [0.1, 0.15) is 61.8 Å². The van der Waals surface area contributed by atoms with Crippen LogP contribution in [0.2, 0.25) is 0 Å². The molecule has 3 aliphatic rings. The highest BCUT2D eigenvalue weighted by atomic mass is 16.5. The number of ether oxygens (including phenoxy) is 4. The fourth-order valence-electron chi connectivity index (χ4n) is 9.92. The second-order valence-electron chi connectivity index (χ2n) is 14.7. The zero-order chi connectivity index (χ0) is 40.9. The van der Waals surface area contributed by atoms with Gasteiger partial charge in [0.1, 0.15) is 10.8 Å². The van der Waals surface area contributed by atoms with Crippen LogP contribution in [0, 0.1) is 10.8 Å². The van der Waals surface area contributed by atoms with E-state index in [1.54, 1.807) is 40.1 Å². The summed E-state index contributed by atoms with van der Waals surface area (Å²) >= 11 is 0. The van der Waals surface area contributed by atoms with Crippen molar-refractivity contribution in [3.05, 3.63) is 167 Å². The molecule has 1 aliphatic carbocycles. The van der Waals surface area contributed by atoms with Crippen molar-refractivity contribution < 1.29 is 38.1 Å². The van der Waals surface area contributed by atoms with Crippen molar-refractivity contribution in [2.75, 3.05) is 26.4 Å². The van der Waals surface area contributed by atoms with Crippen molar-refractivity contribution in [1.82, 2.24) is 9.80 Å². The summed E-state index contributed by atoms with van der Waals surface area (Å²) < 4.78 is 24.0. The molecular formula is C48H50N2O8. The predicted molar refractivity (Wildman–Crippen MR) is 217 cm³/mol. The fraction of sp³-hybridized carbons (Fsp3) is 0.333. The van der Waals surface area contributed by atoms with Crippen molar-refractivity contribution in [3.8, 4) is 0 Å². The number of hydrogen-bond donors (Lipinski definition) is 0. The van der Waals surface area contributed by atoms with Gasteiger partial charge in [-0.25, -0.2) is 9.59 Å². The van der Waals surface area contributed by atoms with Crippen LogP contribution in [0.5, 0.6) is 0 Å². The van der Waals surface area contributed by atoms with Crippen LogP contribution in [0.15, 0.2) is 145 Å². The number of nitrogens with zero attached hydrogens (tertiary/aromatic N) is 2. The first-order valence-corrected chi connectivity index (χ1v) is 20.1. The first-order valence-electron chi connectivity index (χ1n) is 20.1. The molecule has 0 unspecified atom stereocenters. The van der Waals surface area contributed by atoms with Crippen molar-refractivity contribution in [3.63, 3.8) is 0 Å². The van der Waals surface area contributed by atoms with Crippen molar-refractivity contribution >= 4 is 23.9 Å². The second kappa shape index (κ2) is 17.1. The maximum atomic E-state index is 15.7. The summed E-state index contributed by atoms with van der Waals surface area (Å²) in [6, 6.07) is 36.1. The van der Waals surface area contributed by atoms with Gasteiger partial charge in [-0.2, -0.15) is 0 Å². The Morgan fingerprint density at radius 2 is 0.776 bits per heavy atom. The first kappa shape index (κ1) is 40.1. The van der Waals surface area contributed by atoms with Crippen LogP contribution < -0.4 is 0 Å². The molecule has 0 atom stereocenters. The van der Waals surface area contributed by atoms with Crippen LogP contribution in [0.3, 0.4) is 0 Å². The van der Waals surface area contributed by atoms with Gasteiger partial charge < -0.3 is 28.7 Å². The quantitative estimate of drug-likeness (QED) is 0.0953. The minimum Gasteiger partial charge on any atom is -0.465 e. The van der Waals surface area contributed by atoms with E-state index in [2.05, 4.69) is 0 Å². The number of carbonyl (C=O) groups is 4. The first-order chi connectivity index (χ1) is 28.3. The molecule has 7 rings (SSSR count). The van der Waals surface area contributed by atoms with Crippen LogP contribution >= 0.6 is 0 Å². The molecule has 0 radical (unpaired) electrons. The highest BCUT2D eigenvalue weighted by Gasteiger charge is 2.87. The molecule has 0 spiro atoms. The number of rotatable bonds is 14. The van der Waals surface area contributed by atoms with E-state index in [0.29, 0.717) is 11.1 Å². The van der Waals surface area contributed by atoms with Gasteiger partial charge in [-0.1, -0.05) is 121 Å². The molecule has 10 nitrogen and oxygen atoms in total. The zero-order valence-electron chi connectivity index (χ0n) is 33.4. The molecular weight excluding hydrogens is 733 g/mol. The maximum absolute atomic E-state index is 15.7. The molecule has 0 aromatic heterocycles. The minimum atomic E-state index is -1.66. The zero-order valence-corrected chi connectivity index (χ0v) is 33.4. The van der Waals surface area contributed by atoms with E-state index in [9.17, 15) is 9.59 Å². The molecule has 0 amide bonds. The summed E-state index contributed by atoms with van der Waals surface area (Å²) in [5, 5.41) is 0. The topological polar surface area (TPSA) is 112 Å². The van der Waals surface area contributed by atoms with Gasteiger partial charge in [0, 0.05) is 37.3 Å². The largest absolute Gasteiger partial charge is 0.465 e. The van der Waals surface area contributed by atoms with Gasteiger partial charge >= 0.3 is 23.9 Å². The molecule has 2 aliphatic heterocycles. The Balaban J connectivity index is 1.66. The molecule has 4 aromatic carbocycles. The lowest BCUT2D eigenvalue weighted by Crippen LogP contribution is -2.88. The number of carbonyl (C=O) groups excluding carboxylic acids is 4. The average Bonchev–Trinajstić information content (AvgIpc) is 3.23. The summed E-state index contributed by atoms with van der Waals surface area (Å²) in [4.78, 5) is 64.2. The number of hydrogen-bond acceptors (Lipinski definition) is 10. The van der Waals surface area contributed by atoms with Crippen molar-refractivity contribution in [2.24, 2.45) is 10.8 Å². The molecule has 0 N–H and O–H groups in total. The summed E-state index contributed by atoms with van der Waals surface area (Å²) in [5.41, 5.74) is 0.274. The molecule has 1 fully saturated rings. The fourth-order valence-corrected chi connectivity index (χ4v) is 9.92. The highest BCUT2D eigenvalue weighted by molar-refractivity contribution is 6.01. The van der Waals surface area contributed by atoms with E-state index in [0.717, 1.165) is 11.1 Å². The van der Waals surface area contributed by atoms with E-state index in [1.165, 1.54) is 0 Å². The summed E-state index contributed by atoms with van der Waals surface area (Å²) in [5.74, 6) is -4.24. The third-order valence-corrected chi connectivity index (χ3v) is 11.6. The Kier molecular flexibility index (Phi) is 11.8. The van der Waals surface area contributed by atoms with Crippen molar-refractivity contribution in [1.29, 1.82) is 0 Å². The summed E-state index contributed by atoms with van der Waals surface area (Å²) in [6.07, 6.45) is 3.52. The van der Waals surface area contributed by atoms with E-state index in [1.807, 2.05) is 131 Å². The molecule has 300 valence electrons. The Morgan fingerprint density at radius 1 is 0.466 bits per heavy atom. The van der Waals surface area contributed by atoms with Crippen LogP contribution in [-0.4, -0.2) is 72.2 Å².